The van der Waals surface area contributed by atoms with Crippen molar-refractivity contribution in [1.29, 1.82) is 5.26 Å². The number of nitriles is 1. The third kappa shape index (κ3) is 3.12. The molecule has 1 atom stereocenters. The summed E-state index contributed by atoms with van der Waals surface area (Å²) < 4.78 is 0. The molecule has 0 aliphatic carbocycles. The molecule has 2 nitrogen and oxygen atoms in total. The molecule has 0 aliphatic heterocycles. The van der Waals surface area contributed by atoms with Crippen LogP contribution in [0.15, 0.2) is 36.4 Å². The van der Waals surface area contributed by atoms with Crippen molar-refractivity contribution in [2.45, 2.75) is 26.8 Å². The van der Waals surface area contributed by atoms with Gasteiger partial charge in [-0.2, -0.15) is 5.26 Å². The van der Waals surface area contributed by atoms with Gasteiger partial charge >= 0.3 is 0 Å². The molecule has 0 saturated heterocycles. The number of benzene rings is 2. The topological polar surface area (TPSA) is 35.8 Å². The monoisotopic (exact) mass is 284 g/mol. The van der Waals surface area contributed by atoms with E-state index in [9.17, 15) is 5.26 Å². The number of rotatable bonds is 3. The molecule has 0 heterocycles. The summed E-state index contributed by atoms with van der Waals surface area (Å²) in [5.74, 6) is 0. The van der Waals surface area contributed by atoms with Crippen LogP contribution in [0.25, 0.3) is 0 Å². The van der Waals surface area contributed by atoms with Gasteiger partial charge in [-0.25, -0.2) is 0 Å². The Morgan fingerprint density at radius 3 is 2.40 bits per heavy atom. The van der Waals surface area contributed by atoms with E-state index in [0.717, 1.165) is 16.8 Å². The van der Waals surface area contributed by atoms with Crippen molar-refractivity contribution in [2.75, 3.05) is 5.32 Å². The fourth-order valence-corrected chi connectivity index (χ4v) is 2.41. The highest BCUT2D eigenvalue weighted by molar-refractivity contribution is 6.30. The summed E-state index contributed by atoms with van der Waals surface area (Å²) >= 11 is 5.97. The van der Waals surface area contributed by atoms with Crippen LogP contribution in [0.2, 0.25) is 5.02 Å². The molecule has 0 aliphatic rings. The van der Waals surface area contributed by atoms with Crippen LogP contribution < -0.4 is 5.32 Å². The maximum atomic E-state index is 9.45. The van der Waals surface area contributed by atoms with E-state index < -0.39 is 0 Å². The minimum absolute atomic E-state index is 0.382. The second-order valence-corrected chi connectivity index (χ2v) is 5.45. The van der Waals surface area contributed by atoms with Gasteiger partial charge in [0.1, 0.15) is 6.04 Å². The van der Waals surface area contributed by atoms with Crippen LogP contribution in [0.4, 0.5) is 5.69 Å². The number of hydrogen-bond acceptors (Lipinski definition) is 2. The lowest BCUT2D eigenvalue weighted by Crippen LogP contribution is -2.10. The van der Waals surface area contributed by atoms with Crippen molar-refractivity contribution in [1.82, 2.24) is 0 Å². The Bertz CT molecular complexity index is 671. The molecule has 0 radical (unpaired) electrons. The molecule has 1 unspecified atom stereocenters. The molecule has 0 spiro atoms. The fourth-order valence-electron chi connectivity index (χ4n) is 2.22. The summed E-state index contributed by atoms with van der Waals surface area (Å²) in [7, 11) is 0. The second-order valence-electron chi connectivity index (χ2n) is 5.01. The Morgan fingerprint density at radius 2 is 1.75 bits per heavy atom. The van der Waals surface area contributed by atoms with Gasteiger partial charge in [-0.1, -0.05) is 29.8 Å². The molecule has 0 amide bonds. The zero-order valence-corrected chi connectivity index (χ0v) is 12.6. The van der Waals surface area contributed by atoms with E-state index in [4.69, 9.17) is 11.6 Å². The molecule has 2 aromatic carbocycles. The van der Waals surface area contributed by atoms with Crippen molar-refractivity contribution in [3.8, 4) is 6.07 Å². The molecule has 0 bridgehead atoms. The summed E-state index contributed by atoms with van der Waals surface area (Å²) in [5, 5.41) is 13.3. The number of nitrogens with zero attached hydrogens (tertiary/aromatic N) is 1. The van der Waals surface area contributed by atoms with Gasteiger partial charge in [-0.05, 0) is 61.2 Å². The Kier molecular flexibility index (Phi) is 4.32. The zero-order chi connectivity index (χ0) is 14.7. The molecule has 2 aromatic rings. The van der Waals surface area contributed by atoms with E-state index in [1.807, 2.05) is 31.2 Å². The SMILES string of the molecule is Cc1cc(C)c(C(C#N)Nc2cccc(Cl)c2)cc1C. The summed E-state index contributed by atoms with van der Waals surface area (Å²) in [6.45, 7) is 6.18. The van der Waals surface area contributed by atoms with E-state index in [1.54, 1.807) is 0 Å². The highest BCUT2D eigenvalue weighted by Crippen LogP contribution is 2.26. The standard InChI is InChI=1S/C17H17ClN2/c1-11-7-13(3)16(8-12(11)2)17(10-19)20-15-6-4-5-14(18)9-15/h4-9,17,20H,1-3H3. The van der Waals surface area contributed by atoms with Crippen LogP contribution in [0.3, 0.4) is 0 Å². The Balaban J connectivity index is 2.34. The molecule has 2 rings (SSSR count). The van der Waals surface area contributed by atoms with Crippen molar-refractivity contribution in [2.24, 2.45) is 0 Å². The molecule has 3 heteroatoms. The summed E-state index contributed by atoms with van der Waals surface area (Å²) in [6, 6.07) is 13.6. The number of aryl methyl sites for hydroxylation is 3. The lowest BCUT2D eigenvalue weighted by molar-refractivity contribution is 0.974. The van der Waals surface area contributed by atoms with Crippen molar-refractivity contribution in [3.05, 3.63) is 63.7 Å². The van der Waals surface area contributed by atoms with Crippen molar-refractivity contribution >= 4 is 17.3 Å². The maximum absolute atomic E-state index is 9.45. The van der Waals surface area contributed by atoms with Gasteiger partial charge in [0.05, 0.1) is 6.07 Å². The fraction of sp³-hybridized carbons (Fsp3) is 0.235. The lowest BCUT2D eigenvalue weighted by atomic mass is 9.96. The van der Waals surface area contributed by atoms with E-state index in [1.165, 1.54) is 11.1 Å². The van der Waals surface area contributed by atoms with Gasteiger partial charge in [-0.3, -0.25) is 0 Å². The molecular weight excluding hydrogens is 268 g/mol. The number of anilines is 1. The second kappa shape index (κ2) is 5.98. The van der Waals surface area contributed by atoms with Gasteiger partial charge in [0.15, 0.2) is 0 Å². The maximum Gasteiger partial charge on any atom is 0.140 e. The number of hydrogen-bond donors (Lipinski definition) is 1. The molecule has 0 fully saturated rings. The predicted molar refractivity (Wildman–Crippen MR) is 84.1 cm³/mol. The van der Waals surface area contributed by atoms with Gasteiger partial charge in [0, 0.05) is 10.7 Å². The molecule has 1 N–H and O–H groups in total. The van der Waals surface area contributed by atoms with Crippen LogP contribution in [-0.2, 0) is 0 Å². The molecular formula is C17H17ClN2. The van der Waals surface area contributed by atoms with Crippen LogP contribution in [0.1, 0.15) is 28.3 Å². The average Bonchev–Trinajstić information content (AvgIpc) is 2.40. The minimum Gasteiger partial charge on any atom is -0.366 e. The summed E-state index contributed by atoms with van der Waals surface area (Å²) in [5.41, 5.74) is 5.41. The minimum atomic E-state index is -0.382. The molecule has 102 valence electrons. The smallest absolute Gasteiger partial charge is 0.140 e. The predicted octanol–water partition coefficient (Wildman–Crippen LogP) is 4.94. The van der Waals surface area contributed by atoms with E-state index in [-0.39, 0.29) is 6.04 Å². The quantitative estimate of drug-likeness (QED) is 0.866. The van der Waals surface area contributed by atoms with Crippen LogP contribution in [-0.4, -0.2) is 0 Å². The van der Waals surface area contributed by atoms with E-state index in [0.29, 0.717) is 5.02 Å². The van der Waals surface area contributed by atoms with Crippen LogP contribution >= 0.6 is 11.6 Å². The first-order chi connectivity index (χ1) is 9.51. The zero-order valence-electron chi connectivity index (χ0n) is 11.9. The highest BCUT2D eigenvalue weighted by atomic mass is 35.5. The van der Waals surface area contributed by atoms with Crippen LogP contribution in [0.5, 0.6) is 0 Å². The normalized spacial score (nSPS) is 11.8. The van der Waals surface area contributed by atoms with Gasteiger partial charge in [0.2, 0.25) is 0 Å². The molecule has 0 aromatic heterocycles. The van der Waals surface area contributed by atoms with E-state index in [2.05, 4.69) is 37.4 Å². The first kappa shape index (κ1) is 14.4. The summed E-state index contributed by atoms with van der Waals surface area (Å²) in [6.07, 6.45) is 0. The first-order valence-corrected chi connectivity index (χ1v) is 6.88. The molecule has 0 saturated carbocycles. The van der Waals surface area contributed by atoms with Crippen LogP contribution in [0, 0.1) is 32.1 Å². The number of nitrogens with one attached hydrogen (secondary N) is 1. The summed E-state index contributed by atoms with van der Waals surface area (Å²) in [4.78, 5) is 0. The average molecular weight is 285 g/mol. The third-order valence-corrected chi connectivity index (χ3v) is 3.69. The first-order valence-electron chi connectivity index (χ1n) is 6.50. The van der Waals surface area contributed by atoms with Gasteiger partial charge < -0.3 is 5.32 Å². The van der Waals surface area contributed by atoms with Crippen molar-refractivity contribution < 1.29 is 0 Å². The lowest BCUT2D eigenvalue weighted by Gasteiger charge is -2.17. The van der Waals surface area contributed by atoms with E-state index >= 15 is 0 Å². The Labute approximate surface area is 125 Å². The largest absolute Gasteiger partial charge is 0.366 e. The Morgan fingerprint density at radius 1 is 1.05 bits per heavy atom. The number of halogens is 1. The van der Waals surface area contributed by atoms with Crippen molar-refractivity contribution in [3.63, 3.8) is 0 Å². The van der Waals surface area contributed by atoms with Gasteiger partial charge in [0.25, 0.3) is 0 Å². The third-order valence-electron chi connectivity index (χ3n) is 3.46. The molecule has 20 heavy (non-hydrogen) atoms. The highest BCUT2D eigenvalue weighted by Gasteiger charge is 2.14. The van der Waals surface area contributed by atoms with Gasteiger partial charge in [-0.15, -0.1) is 0 Å². The Hall–Kier alpha value is -1.98.